The van der Waals surface area contributed by atoms with Crippen molar-refractivity contribution in [3.8, 4) is 22.8 Å². The van der Waals surface area contributed by atoms with Crippen molar-refractivity contribution in [2.75, 3.05) is 12.9 Å². The molecule has 1 aromatic heterocycles. The normalized spacial score (nSPS) is 12.0. The van der Waals surface area contributed by atoms with Crippen LogP contribution in [0.4, 0.5) is 13.2 Å². The quantitative estimate of drug-likeness (QED) is 0.540. The maximum atomic E-state index is 12.8. The molecule has 3 rings (SSSR count). The van der Waals surface area contributed by atoms with E-state index in [1.807, 2.05) is 0 Å². The number of carbonyl (C=O) groups is 1. The Morgan fingerprint density at radius 2 is 1.60 bits per heavy atom. The van der Waals surface area contributed by atoms with Gasteiger partial charge in [0.1, 0.15) is 0 Å². The van der Waals surface area contributed by atoms with E-state index in [1.165, 1.54) is 36.4 Å². The van der Waals surface area contributed by atoms with E-state index in [-0.39, 0.29) is 34.4 Å². The second kappa shape index (κ2) is 7.94. The zero-order valence-corrected chi connectivity index (χ0v) is 16.7. The fourth-order valence-electron chi connectivity index (χ4n) is 2.63. The molecule has 1 heterocycles. The Balaban J connectivity index is 2.07. The highest BCUT2D eigenvalue weighted by atomic mass is 32.2. The van der Waals surface area contributed by atoms with Crippen molar-refractivity contribution >= 4 is 15.8 Å². The van der Waals surface area contributed by atoms with Gasteiger partial charge in [0.15, 0.2) is 21.3 Å². The van der Waals surface area contributed by atoms with E-state index in [2.05, 4.69) is 4.98 Å². The van der Waals surface area contributed by atoms with Crippen molar-refractivity contribution in [1.82, 2.24) is 4.98 Å². The van der Waals surface area contributed by atoms with Gasteiger partial charge < -0.3 is 9.15 Å². The number of hydrogen-bond donors (Lipinski definition) is 0. The van der Waals surface area contributed by atoms with E-state index in [4.69, 9.17) is 9.15 Å². The molecule has 0 atom stereocenters. The van der Waals surface area contributed by atoms with E-state index in [0.717, 1.165) is 18.4 Å². The molecule has 3 aromatic rings. The lowest BCUT2D eigenvalue weighted by molar-refractivity contribution is -0.137. The van der Waals surface area contributed by atoms with Crippen LogP contribution in [0, 0.1) is 0 Å². The van der Waals surface area contributed by atoms with Gasteiger partial charge in [-0.15, -0.1) is 0 Å². The number of aromatic nitrogens is 1. The van der Waals surface area contributed by atoms with E-state index >= 15 is 0 Å². The summed E-state index contributed by atoms with van der Waals surface area (Å²) in [5.41, 5.74) is -0.414. The number of halogens is 3. The zero-order valence-electron chi connectivity index (χ0n) is 15.9. The minimum absolute atomic E-state index is 0.0170. The largest absolute Gasteiger partial charge is 0.461 e. The first-order valence-electron chi connectivity index (χ1n) is 8.66. The number of rotatable bonds is 5. The summed E-state index contributed by atoms with van der Waals surface area (Å²) in [5, 5.41) is 0. The number of ether oxygens (including phenoxy) is 1. The summed E-state index contributed by atoms with van der Waals surface area (Å²) < 4.78 is 72.2. The van der Waals surface area contributed by atoms with Crippen LogP contribution in [0.2, 0.25) is 0 Å². The van der Waals surface area contributed by atoms with Crippen molar-refractivity contribution < 1.29 is 35.5 Å². The third-order valence-electron chi connectivity index (χ3n) is 4.10. The molecule has 0 aliphatic rings. The summed E-state index contributed by atoms with van der Waals surface area (Å²) in [5.74, 6) is -0.834. The predicted molar refractivity (Wildman–Crippen MR) is 101 cm³/mol. The molecule has 0 unspecified atom stereocenters. The Labute approximate surface area is 170 Å². The van der Waals surface area contributed by atoms with Gasteiger partial charge in [-0.1, -0.05) is 0 Å². The Hall–Kier alpha value is -3.14. The molecule has 0 radical (unpaired) electrons. The van der Waals surface area contributed by atoms with Gasteiger partial charge in [0.25, 0.3) is 0 Å². The highest BCUT2D eigenvalue weighted by molar-refractivity contribution is 7.90. The third-order valence-corrected chi connectivity index (χ3v) is 5.23. The van der Waals surface area contributed by atoms with Crippen LogP contribution < -0.4 is 0 Å². The van der Waals surface area contributed by atoms with Gasteiger partial charge in [0.2, 0.25) is 5.89 Å². The Morgan fingerprint density at radius 1 is 1.03 bits per heavy atom. The molecule has 0 N–H and O–H groups in total. The van der Waals surface area contributed by atoms with Crippen LogP contribution >= 0.6 is 0 Å². The number of alkyl halides is 3. The summed E-state index contributed by atoms with van der Waals surface area (Å²) in [6.07, 6.45) is -3.43. The van der Waals surface area contributed by atoms with Crippen molar-refractivity contribution in [3.05, 3.63) is 59.8 Å². The molecule has 6 nitrogen and oxygen atoms in total. The molecule has 0 spiro atoms. The monoisotopic (exact) mass is 439 g/mol. The lowest BCUT2D eigenvalue weighted by atomic mass is 10.1. The van der Waals surface area contributed by atoms with E-state index in [9.17, 15) is 26.4 Å². The Kier molecular flexibility index (Phi) is 5.71. The Bertz CT molecular complexity index is 1160. The fourth-order valence-corrected chi connectivity index (χ4v) is 3.26. The maximum Gasteiger partial charge on any atom is 0.416 e. The number of nitrogens with zero attached hydrogens (tertiary/aromatic N) is 1. The molecule has 0 bridgehead atoms. The number of carbonyl (C=O) groups excluding carboxylic acids is 1. The Morgan fingerprint density at radius 3 is 2.10 bits per heavy atom. The first-order chi connectivity index (χ1) is 14.0. The van der Waals surface area contributed by atoms with Crippen LogP contribution in [-0.4, -0.2) is 32.2 Å². The molecule has 10 heteroatoms. The van der Waals surface area contributed by atoms with Crippen molar-refractivity contribution in [2.24, 2.45) is 0 Å². The van der Waals surface area contributed by atoms with Crippen LogP contribution in [0.15, 0.2) is 57.8 Å². The SMILES string of the molecule is CCOC(=O)c1nc(-c2ccc(C(F)(F)F)cc2)oc1-c1ccc(S(C)(=O)=O)cc1. The minimum Gasteiger partial charge on any atom is -0.461 e. The van der Waals surface area contributed by atoms with Gasteiger partial charge in [-0.2, -0.15) is 13.2 Å². The first kappa shape index (κ1) is 21.6. The summed E-state index contributed by atoms with van der Waals surface area (Å²) >= 11 is 0. The predicted octanol–water partition coefficient (Wildman–Crippen LogP) is 4.61. The number of oxazole rings is 1. The lowest BCUT2D eigenvalue weighted by Crippen LogP contribution is -2.06. The highest BCUT2D eigenvalue weighted by Crippen LogP contribution is 2.34. The fraction of sp³-hybridized carbons (Fsp3) is 0.200. The maximum absolute atomic E-state index is 12.8. The van der Waals surface area contributed by atoms with Gasteiger partial charge in [0, 0.05) is 17.4 Å². The molecular weight excluding hydrogens is 423 g/mol. The smallest absolute Gasteiger partial charge is 0.416 e. The van der Waals surface area contributed by atoms with Gasteiger partial charge in [-0.3, -0.25) is 0 Å². The van der Waals surface area contributed by atoms with Crippen LogP contribution in [0.1, 0.15) is 23.0 Å². The standard InChI is InChI=1S/C20H16F3NO5S/c1-3-28-19(25)16-17(12-6-10-15(11-7-12)30(2,26)27)29-18(24-16)13-4-8-14(9-5-13)20(21,22)23/h4-11H,3H2,1-2H3. The molecule has 0 aliphatic carbocycles. The number of esters is 1. The molecule has 158 valence electrons. The topological polar surface area (TPSA) is 86.5 Å². The van der Waals surface area contributed by atoms with Crippen LogP contribution in [0.5, 0.6) is 0 Å². The molecular formula is C20H16F3NO5S. The van der Waals surface area contributed by atoms with Crippen LogP contribution in [0.25, 0.3) is 22.8 Å². The second-order valence-corrected chi connectivity index (χ2v) is 8.30. The van der Waals surface area contributed by atoms with E-state index < -0.39 is 27.5 Å². The van der Waals surface area contributed by atoms with Crippen LogP contribution in [0.3, 0.4) is 0 Å². The van der Waals surface area contributed by atoms with Crippen molar-refractivity contribution in [2.45, 2.75) is 18.0 Å². The molecule has 0 saturated carbocycles. The molecule has 0 saturated heterocycles. The first-order valence-corrected chi connectivity index (χ1v) is 10.6. The van der Waals surface area contributed by atoms with Crippen molar-refractivity contribution in [1.29, 1.82) is 0 Å². The molecule has 0 aliphatic heterocycles. The average Bonchev–Trinajstić information content (AvgIpc) is 3.13. The van der Waals surface area contributed by atoms with Crippen molar-refractivity contribution in [3.63, 3.8) is 0 Å². The van der Waals surface area contributed by atoms with Gasteiger partial charge in [-0.05, 0) is 55.5 Å². The number of benzene rings is 2. The highest BCUT2D eigenvalue weighted by Gasteiger charge is 2.30. The summed E-state index contributed by atoms with van der Waals surface area (Å²) in [6, 6.07) is 9.70. The molecule has 30 heavy (non-hydrogen) atoms. The molecule has 0 amide bonds. The van der Waals surface area contributed by atoms with Gasteiger partial charge in [0.05, 0.1) is 17.1 Å². The summed E-state index contributed by atoms with van der Waals surface area (Å²) in [7, 11) is -3.42. The van der Waals surface area contributed by atoms with Crippen LogP contribution in [-0.2, 0) is 20.8 Å². The summed E-state index contributed by atoms with van der Waals surface area (Å²) in [4.78, 5) is 16.5. The summed E-state index contributed by atoms with van der Waals surface area (Å²) in [6.45, 7) is 1.68. The van der Waals surface area contributed by atoms with Gasteiger partial charge in [-0.25, -0.2) is 18.2 Å². The number of hydrogen-bond acceptors (Lipinski definition) is 6. The van der Waals surface area contributed by atoms with Gasteiger partial charge >= 0.3 is 12.1 Å². The lowest BCUT2D eigenvalue weighted by Gasteiger charge is -2.06. The molecule has 0 fully saturated rings. The minimum atomic E-state index is -4.49. The number of sulfone groups is 1. The zero-order chi connectivity index (χ0) is 22.1. The second-order valence-electron chi connectivity index (χ2n) is 6.29. The van der Waals surface area contributed by atoms with E-state index in [0.29, 0.717) is 5.56 Å². The molecule has 2 aromatic carbocycles. The van der Waals surface area contributed by atoms with E-state index in [1.54, 1.807) is 6.92 Å². The third kappa shape index (κ3) is 4.54. The average molecular weight is 439 g/mol.